The number of benzene rings is 1. The summed E-state index contributed by atoms with van der Waals surface area (Å²) in [7, 11) is -1.62. The van der Waals surface area contributed by atoms with Gasteiger partial charge in [0.2, 0.25) is 15.2 Å². The first-order valence-electron chi connectivity index (χ1n) is 6.01. The van der Waals surface area contributed by atoms with Crippen molar-refractivity contribution in [3.05, 3.63) is 40.4 Å². The molecule has 0 saturated heterocycles. The van der Waals surface area contributed by atoms with Crippen LogP contribution in [0.4, 0.5) is 5.13 Å². The highest BCUT2D eigenvalue weighted by Gasteiger charge is 2.14. The molecular weight excluding hydrogens is 296 g/mol. The van der Waals surface area contributed by atoms with Gasteiger partial charge in [0, 0.05) is 6.54 Å². The van der Waals surface area contributed by atoms with E-state index in [0.29, 0.717) is 11.7 Å². The van der Waals surface area contributed by atoms with Crippen LogP contribution in [0.5, 0.6) is 0 Å². The van der Waals surface area contributed by atoms with Gasteiger partial charge in [0.1, 0.15) is 5.01 Å². The molecule has 1 heterocycles. The van der Waals surface area contributed by atoms with Gasteiger partial charge in [-0.1, -0.05) is 35.6 Å². The van der Waals surface area contributed by atoms with Gasteiger partial charge in [-0.15, -0.1) is 10.2 Å². The van der Waals surface area contributed by atoms with Crippen molar-refractivity contribution >= 4 is 26.5 Å². The molecule has 0 saturated carbocycles. The van der Waals surface area contributed by atoms with E-state index in [4.69, 9.17) is 0 Å². The average Bonchev–Trinajstić information content (AvgIpc) is 2.74. The minimum absolute atomic E-state index is 0.0802. The molecule has 1 aromatic heterocycles. The number of rotatable bonds is 6. The number of sulfonamides is 1. The lowest BCUT2D eigenvalue weighted by Crippen LogP contribution is -2.15. The van der Waals surface area contributed by atoms with Crippen molar-refractivity contribution in [3.63, 3.8) is 0 Å². The zero-order chi connectivity index (χ0) is 14.6. The normalized spacial score (nSPS) is 11.5. The van der Waals surface area contributed by atoms with Crippen LogP contribution in [0.1, 0.15) is 16.1 Å². The molecule has 1 aromatic carbocycles. The molecule has 6 nitrogen and oxygen atoms in total. The quantitative estimate of drug-likeness (QED) is 0.844. The lowest BCUT2D eigenvalue weighted by atomic mass is 10.1. The summed E-state index contributed by atoms with van der Waals surface area (Å²) in [5, 5.41) is 11.6. The zero-order valence-corrected chi connectivity index (χ0v) is 12.9. The lowest BCUT2D eigenvalue weighted by molar-refractivity contribution is 0.600. The van der Waals surface area contributed by atoms with Gasteiger partial charge in [-0.2, -0.15) is 0 Å². The van der Waals surface area contributed by atoms with Gasteiger partial charge in [-0.3, -0.25) is 4.72 Å². The third kappa shape index (κ3) is 4.26. The molecule has 0 radical (unpaired) electrons. The van der Waals surface area contributed by atoms with Crippen LogP contribution in [-0.4, -0.2) is 25.7 Å². The molecule has 0 unspecified atom stereocenters. The summed E-state index contributed by atoms with van der Waals surface area (Å²) in [6.45, 7) is 2.48. The molecule has 0 spiro atoms. The summed E-state index contributed by atoms with van der Waals surface area (Å²) in [6.07, 6.45) is 0. The molecule has 0 atom stereocenters. The molecule has 2 aromatic rings. The highest BCUT2D eigenvalue weighted by molar-refractivity contribution is 7.92. The number of anilines is 1. The standard InChI is InChI=1S/C12H16N4O2S2/c1-9-14-15-12(19-9)16-20(17,18)8-11-5-3-4-10(6-11)7-13-2/h3-6,13H,7-8H2,1-2H3,(H,15,16). The highest BCUT2D eigenvalue weighted by Crippen LogP contribution is 2.17. The fraction of sp³-hybridized carbons (Fsp3) is 0.333. The maximum Gasteiger partial charge on any atom is 0.238 e. The van der Waals surface area contributed by atoms with Crippen molar-refractivity contribution in [1.29, 1.82) is 0 Å². The Kier molecular flexibility index (Phi) is 4.69. The maximum atomic E-state index is 12.1. The Balaban J connectivity index is 2.09. The number of aryl methyl sites for hydroxylation is 1. The highest BCUT2D eigenvalue weighted by atomic mass is 32.2. The van der Waals surface area contributed by atoms with Crippen molar-refractivity contribution in [2.75, 3.05) is 11.8 Å². The molecular formula is C12H16N4O2S2. The van der Waals surface area contributed by atoms with E-state index in [1.165, 1.54) is 11.3 Å². The number of hydrogen-bond acceptors (Lipinski definition) is 6. The van der Waals surface area contributed by atoms with Crippen molar-refractivity contribution in [2.45, 2.75) is 19.2 Å². The van der Waals surface area contributed by atoms with E-state index in [-0.39, 0.29) is 5.75 Å². The summed E-state index contributed by atoms with van der Waals surface area (Å²) < 4.78 is 26.6. The fourth-order valence-electron chi connectivity index (χ4n) is 1.76. The zero-order valence-electron chi connectivity index (χ0n) is 11.3. The average molecular weight is 312 g/mol. The summed E-state index contributed by atoms with van der Waals surface area (Å²) >= 11 is 1.21. The number of nitrogens with zero attached hydrogens (tertiary/aromatic N) is 2. The van der Waals surface area contributed by atoms with Crippen molar-refractivity contribution in [3.8, 4) is 0 Å². The van der Waals surface area contributed by atoms with Crippen LogP contribution in [0, 0.1) is 6.92 Å². The van der Waals surface area contributed by atoms with E-state index >= 15 is 0 Å². The first-order valence-corrected chi connectivity index (χ1v) is 8.48. The summed E-state index contributed by atoms with van der Waals surface area (Å²) in [5.41, 5.74) is 1.79. The fourth-order valence-corrected chi connectivity index (χ4v) is 3.75. The van der Waals surface area contributed by atoms with E-state index < -0.39 is 10.0 Å². The van der Waals surface area contributed by atoms with Crippen LogP contribution >= 0.6 is 11.3 Å². The minimum atomic E-state index is -3.47. The van der Waals surface area contributed by atoms with Gasteiger partial charge in [0.15, 0.2) is 0 Å². The predicted molar refractivity (Wildman–Crippen MR) is 80.1 cm³/mol. The van der Waals surface area contributed by atoms with E-state index in [1.807, 2.05) is 25.2 Å². The monoisotopic (exact) mass is 312 g/mol. The second-order valence-electron chi connectivity index (χ2n) is 4.34. The van der Waals surface area contributed by atoms with Crippen LogP contribution in [0.25, 0.3) is 0 Å². The Bertz CT molecular complexity index is 682. The molecule has 2 N–H and O–H groups in total. The summed E-state index contributed by atoms with van der Waals surface area (Å²) in [4.78, 5) is 0. The van der Waals surface area contributed by atoms with Crippen LogP contribution in [0.2, 0.25) is 0 Å². The van der Waals surface area contributed by atoms with Crippen molar-refractivity contribution in [1.82, 2.24) is 15.5 Å². The van der Waals surface area contributed by atoms with Gasteiger partial charge in [-0.05, 0) is 25.1 Å². The van der Waals surface area contributed by atoms with Crippen LogP contribution in [-0.2, 0) is 22.3 Å². The van der Waals surface area contributed by atoms with E-state index in [9.17, 15) is 8.42 Å². The van der Waals surface area contributed by atoms with Crippen LogP contribution < -0.4 is 10.0 Å². The number of aromatic nitrogens is 2. The smallest absolute Gasteiger partial charge is 0.238 e. The van der Waals surface area contributed by atoms with Crippen molar-refractivity contribution in [2.24, 2.45) is 0 Å². The molecule has 0 aliphatic heterocycles. The van der Waals surface area contributed by atoms with Gasteiger partial charge in [0.05, 0.1) is 5.75 Å². The Morgan fingerprint density at radius 3 is 2.65 bits per heavy atom. The van der Waals surface area contributed by atoms with E-state index in [2.05, 4.69) is 20.2 Å². The minimum Gasteiger partial charge on any atom is -0.316 e. The van der Waals surface area contributed by atoms with E-state index in [0.717, 1.165) is 16.1 Å². The molecule has 0 bridgehead atoms. The van der Waals surface area contributed by atoms with Crippen LogP contribution in [0.3, 0.4) is 0 Å². The molecule has 0 aliphatic rings. The Morgan fingerprint density at radius 1 is 1.25 bits per heavy atom. The SMILES string of the molecule is CNCc1cccc(CS(=O)(=O)Nc2nnc(C)s2)c1. The molecule has 20 heavy (non-hydrogen) atoms. The largest absolute Gasteiger partial charge is 0.316 e. The Hall–Kier alpha value is -1.51. The second kappa shape index (κ2) is 6.29. The molecule has 8 heteroatoms. The van der Waals surface area contributed by atoms with Gasteiger partial charge >= 0.3 is 0 Å². The van der Waals surface area contributed by atoms with Gasteiger partial charge in [-0.25, -0.2) is 8.42 Å². The third-order valence-corrected chi connectivity index (χ3v) is 4.60. The van der Waals surface area contributed by atoms with Gasteiger partial charge in [0.25, 0.3) is 0 Å². The first kappa shape index (κ1) is 14.9. The molecule has 0 fully saturated rings. The first-order chi connectivity index (χ1) is 9.48. The van der Waals surface area contributed by atoms with Crippen LogP contribution in [0.15, 0.2) is 24.3 Å². The van der Waals surface area contributed by atoms with E-state index in [1.54, 1.807) is 13.0 Å². The molecule has 2 rings (SSSR count). The summed E-state index contributed by atoms with van der Waals surface area (Å²) in [6, 6.07) is 7.48. The van der Waals surface area contributed by atoms with Crippen molar-refractivity contribution < 1.29 is 8.42 Å². The van der Waals surface area contributed by atoms with Gasteiger partial charge < -0.3 is 5.32 Å². The predicted octanol–water partition coefficient (Wildman–Crippen LogP) is 1.51. The maximum absolute atomic E-state index is 12.1. The molecule has 108 valence electrons. The second-order valence-corrected chi connectivity index (χ2v) is 7.24. The number of nitrogens with one attached hydrogen (secondary N) is 2. The molecule has 0 aliphatic carbocycles. The topological polar surface area (TPSA) is 84.0 Å². The number of hydrogen-bond donors (Lipinski definition) is 2. The Morgan fingerprint density at radius 2 is 2.00 bits per heavy atom. The summed E-state index contributed by atoms with van der Waals surface area (Å²) in [5.74, 6) is -0.0802. The lowest BCUT2D eigenvalue weighted by Gasteiger charge is -2.06. The third-order valence-electron chi connectivity index (χ3n) is 2.50. The molecule has 0 amide bonds. The Labute approximate surface area is 122 Å².